The molecule has 0 saturated heterocycles. The van der Waals surface area contributed by atoms with Gasteiger partial charge in [-0.05, 0) is 23.8 Å². The fraction of sp³-hybridized carbons (Fsp3) is 0.105. The lowest BCUT2D eigenvalue weighted by molar-refractivity contribution is 0.0907. The average Bonchev–Trinajstić information content (AvgIpc) is 3.43. The number of nitrogens with zero attached hydrogens (tertiary/aromatic N) is 2. The van der Waals surface area contributed by atoms with Crippen LogP contribution >= 0.6 is 0 Å². The molecule has 8 heteroatoms. The van der Waals surface area contributed by atoms with Crippen molar-refractivity contribution in [2.45, 2.75) is 6.54 Å². The van der Waals surface area contributed by atoms with Gasteiger partial charge in [0.1, 0.15) is 0 Å². The van der Waals surface area contributed by atoms with E-state index in [-0.39, 0.29) is 12.7 Å². The van der Waals surface area contributed by atoms with Crippen molar-refractivity contribution in [3.05, 3.63) is 60.1 Å². The molecule has 1 aliphatic heterocycles. The zero-order valence-corrected chi connectivity index (χ0v) is 14.1. The summed E-state index contributed by atoms with van der Waals surface area (Å²) in [6.07, 6.45) is 1.80. The SMILES string of the molecule is O=C(NCc1ccc2c(c1)OCO2)c1nc(-c2c[nH]c3ccccc23)no1. The minimum Gasteiger partial charge on any atom is -0.454 e. The maximum atomic E-state index is 12.3. The predicted molar refractivity (Wildman–Crippen MR) is 95.3 cm³/mol. The van der Waals surface area contributed by atoms with Crippen LogP contribution < -0.4 is 14.8 Å². The number of carbonyl (C=O) groups excluding carboxylic acids is 1. The van der Waals surface area contributed by atoms with Crippen molar-refractivity contribution in [1.82, 2.24) is 20.4 Å². The van der Waals surface area contributed by atoms with E-state index < -0.39 is 5.91 Å². The van der Waals surface area contributed by atoms with Crippen LogP contribution in [0.25, 0.3) is 22.3 Å². The molecule has 0 spiro atoms. The van der Waals surface area contributed by atoms with Gasteiger partial charge in [-0.25, -0.2) is 0 Å². The van der Waals surface area contributed by atoms with Crippen LogP contribution in [0.15, 0.2) is 53.2 Å². The van der Waals surface area contributed by atoms with E-state index in [1.807, 2.05) is 42.5 Å². The Morgan fingerprint density at radius 1 is 1.15 bits per heavy atom. The molecule has 0 bridgehead atoms. The molecule has 1 aliphatic rings. The molecule has 1 amide bonds. The van der Waals surface area contributed by atoms with Crippen LogP contribution in [0.2, 0.25) is 0 Å². The lowest BCUT2D eigenvalue weighted by Gasteiger charge is -2.03. The highest BCUT2D eigenvalue weighted by molar-refractivity contribution is 5.94. The fourth-order valence-corrected chi connectivity index (χ4v) is 2.99. The first-order chi connectivity index (χ1) is 13.3. The molecule has 4 aromatic rings. The molecule has 2 N–H and O–H groups in total. The monoisotopic (exact) mass is 362 g/mol. The van der Waals surface area contributed by atoms with Crippen LogP contribution in [-0.2, 0) is 6.54 Å². The van der Waals surface area contributed by atoms with E-state index in [0.717, 1.165) is 22.0 Å². The number of hydrogen-bond acceptors (Lipinski definition) is 6. The van der Waals surface area contributed by atoms with Crippen molar-refractivity contribution in [3.63, 3.8) is 0 Å². The van der Waals surface area contributed by atoms with Gasteiger partial charge in [0.25, 0.3) is 0 Å². The molecule has 134 valence electrons. The first kappa shape index (κ1) is 15.4. The number of aromatic nitrogens is 3. The Morgan fingerprint density at radius 3 is 3.00 bits per heavy atom. The second kappa shape index (κ2) is 6.17. The molecule has 2 aromatic carbocycles. The quantitative estimate of drug-likeness (QED) is 0.579. The van der Waals surface area contributed by atoms with Crippen LogP contribution in [-0.4, -0.2) is 27.8 Å². The molecule has 2 aromatic heterocycles. The summed E-state index contributed by atoms with van der Waals surface area (Å²) in [6, 6.07) is 13.3. The zero-order valence-electron chi connectivity index (χ0n) is 14.1. The Bertz CT molecular complexity index is 1150. The summed E-state index contributed by atoms with van der Waals surface area (Å²) in [5, 5.41) is 7.66. The summed E-state index contributed by atoms with van der Waals surface area (Å²) in [5.41, 5.74) is 2.62. The van der Waals surface area contributed by atoms with Crippen LogP contribution in [0.4, 0.5) is 0 Å². The van der Waals surface area contributed by atoms with E-state index in [1.165, 1.54) is 0 Å². The van der Waals surface area contributed by atoms with Gasteiger partial charge in [0, 0.05) is 29.2 Å². The molecular weight excluding hydrogens is 348 g/mol. The summed E-state index contributed by atoms with van der Waals surface area (Å²) in [4.78, 5) is 19.7. The number of amides is 1. The van der Waals surface area contributed by atoms with E-state index in [1.54, 1.807) is 6.20 Å². The molecule has 0 radical (unpaired) electrons. The molecule has 0 unspecified atom stereocenters. The second-order valence-corrected chi connectivity index (χ2v) is 6.04. The maximum absolute atomic E-state index is 12.3. The van der Waals surface area contributed by atoms with Crippen LogP contribution in [0.5, 0.6) is 11.5 Å². The molecule has 0 saturated carbocycles. The van der Waals surface area contributed by atoms with Crippen molar-refractivity contribution in [1.29, 1.82) is 0 Å². The number of ether oxygens (including phenoxy) is 2. The summed E-state index contributed by atoms with van der Waals surface area (Å²) >= 11 is 0. The number of aromatic amines is 1. The number of hydrogen-bond donors (Lipinski definition) is 2. The highest BCUT2D eigenvalue weighted by Crippen LogP contribution is 2.32. The highest BCUT2D eigenvalue weighted by atomic mass is 16.7. The molecule has 27 heavy (non-hydrogen) atoms. The van der Waals surface area contributed by atoms with Gasteiger partial charge in [-0.2, -0.15) is 4.98 Å². The molecule has 0 atom stereocenters. The van der Waals surface area contributed by atoms with Gasteiger partial charge in [-0.3, -0.25) is 4.79 Å². The van der Waals surface area contributed by atoms with E-state index in [4.69, 9.17) is 14.0 Å². The molecule has 0 aliphatic carbocycles. The van der Waals surface area contributed by atoms with E-state index in [9.17, 15) is 4.79 Å². The maximum Gasteiger partial charge on any atom is 0.316 e. The van der Waals surface area contributed by atoms with E-state index in [0.29, 0.717) is 23.9 Å². The first-order valence-corrected chi connectivity index (χ1v) is 8.35. The van der Waals surface area contributed by atoms with E-state index in [2.05, 4.69) is 20.4 Å². The molecule has 5 rings (SSSR count). The second-order valence-electron chi connectivity index (χ2n) is 6.04. The van der Waals surface area contributed by atoms with Crippen LogP contribution in [0.1, 0.15) is 16.2 Å². The number of carbonyl (C=O) groups is 1. The van der Waals surface area contributed by atoms with Gasteiger partial charge in [0.15, 0.2) is 11.5 Å². The Kier molecular flexibility index (Phi) is 3.53. The smallest absolute Gasteiger partial charge is 0.316 e. The number of para-hydroxylation sites is 1. The van der Waals surface area contributed by atoms with Gasteiger partial charge in [0.2, 0.25) is 12.6 Å². The van der Waals surface area contributed by atoms with Gasteiger partial charge in [-0.1, -0.05) is 29.4 Å². The van der Waals surface area contributed by atoms with Crippen molar-refractivity contribution in [2.24, 2.45) is 0 Å². The minimum absolute atomic E-state index is 0.0870. The number of H-pyrrole nitrogens is 1. The predicted octanol–water partition coefficient (Wildman–Crippen LogP) is 2.88. The van der Waals surface area contributed by atoms with Gasteiger partial charge >= 0.3 is 11.8 Å². The third-order valence-electron chi connectivity index (χ3n) is 4.34. The van der Waals surface area contributed by atoms with Gasteiger partial charge in [0.05, 0.1) is 0 Å². The van der Waals surface area contributed by atoms with Crippen molar-refractivity contribution in [3.8, 4) is 22.9 Å². The minimum atomic E-state index is -0.439. The number of benzene rings is 2. The summed E-state index contributed by atoms with van der Waals surface area (Å²) < 4.78 is 15.7. The largest absolute Gasteiger partial charge is 0.454 e. The summed E-state index contributed by atoms with van der Waals surface area (Å²) in [5.74, 6) is 1.20. The van der Waals surface area contributed by atoms with E-state index >= 15 is 0 Å². The standard InChI is InChI=1S/C19H14N4O4/c24-18(21-8-11-5-6-15-16(7-11)26-10-25-15)19-22-17(23-27-19)13-9-20-14-4-2-1-3-12(13)14/h1-7,9,20H,8,10H2,(H,21,24). The first-order valence-electron chi connectivity index (χ1n) is 8.35. The molecule has 0 fully saturated rings. The third-order valence-corrected chi connectivity index (χ3v) is 4.34. The Morgan fingerprint density at radius 2 is 2.04 bits per heavy atom. The number of fused-ring (bicyclic) bond motifs is 2. The number of nitrogens with one attached hydrogen (secondary N) is 2. The Balaban J connectivity index is 1.31. The van der Waals surface area contributed by atoms with Crippen molar-refractivity contribution < 1.29 is 18.8 Å². The normalized spacial score (nSPS) is 12.4. The van der Waals surface area contributed by atoms with Gasteiger partial charge in [-0.15, -0.1) is 0 Å². The third kappa shape index (κ3) is 2.77. The molecule has 3 heterocycles. The zero-order chi connectivity index (χ0) is 18.2. The molecular formula is C19H14N4O4. The fourth-order valence-electron chi connectivity index (χ4n) is 2.99. The molecule has 8 nitrogen and oxygen atoms in total. The highest BCUT2D eigenvalue weighted by Gasteiger charge is 2.19. The summed E-state index contributed by atoms with van der Waals surface area (Å²) in [7, 11) is 0. The van der Waals surface area contributed by atoms with Crippen LogP contribution in [0, 0.1) is 0 Å². The van der Waals surface area contributed by atoms with Crippen LogP contribution in [0.3, 0.4) is 0 Å². The van der Waals surface area contributed by atoms with Gasteiger partial charge < -0.3 is 24.3 Å². The van der Waals surface area contributed by atoms with Crippen molar-refractivity contribution >= 4 is 16.8 Å². The lowest BCUT2D eigenvalue weighted by Crippen LogP contribution is -2.23. The summed E-state index contributed by atoms with van der Waals surface area (Å²) in [6.45, 7) is 0.518. The Hall–Kier alpha value is -3.81. The topological polar surface area (TPSA) is 102 Å². The van der Waals surface area contributed by atoms with Crippen molar-refractivity contribution in [2.75, 3.05) is 6.79 Å². The Labute approximate surface area is 153 Å². The lowest BCUT2D eigenvalue weighted by atomic mass is 10.2. The number of rotatable bonds is 4. The average molecular weight is 362 g/mol.